The molecule has 1 nitrogen and oxygen atoms in total. The molecule has 0 aliphatic heterocycles. The van der Waals surface area contributed by atoms with Gasteiger partial charge in [-0.25, -0.2) is 4.39 Å². The van der Waals surface area contributed by atoms with Gasteiger partial charge in [0.2, 0.25) is 0 Å². The fraction of sp³-hybridized carbons (Fsp3) is 0.543. The minimum absolute atomic E-state index is 0.0779. The molecule has 194 valence electrons. The number of hydrogen-bond acceptors (Lipinski definition) is 0. The Balaban J connectivity index is 1.43. The molecule has 1 heterocycles. The third-order valence-electron chi connectivity index (χ3n) is 12.0. The van der Waals surface area contributed by atoms with E-state index in [1.165, 1.54) is 67.2 Å². The van der Waals surface area contributed by atoms with Crippen LogP contribution in [0.2, 0.25) is 0 Å². The van der Waals surface area contributed by atoms with Gasteiger partial charge in [-0.2, -0.15) is 0 Å². The van der Waals surface area contributed by atoms with Gasteiger partial charge in [-0.15, -0.1) is 0 Å². The number of aromatic amines is 1. The van der Waals surface area contributed by atoms with Crippen molar-refractivity contribution < 1.29 is 4.39 Å². The molecule has 37 heavy (non-hydrogen) atoms. The van der Waals surface area contributed by atoms with E-state index in [0.29, 0.717) is 5.41 Å². The second-order valence-electron chi connectivity index (χ2n) is 14.1. The van der Waals surface area contributed by atoms with Gasteiger partial charge in [-0.1, -0.05) is 64.0 Å². The molecule has 3 aromatic rings. The molecule has 7 atom stereocenters. The SMILES string of the molecule is Cc1cccc2c1[C@H](c1c[nH]c3ccc(F)cc13)C=C1[C@@]2(C)CCC2[C@@H]3C[C@@H](C)CC[C@]3(C)CC[C@]12C. The lowest BCUT2D eigenvalue weighted by atomic mass is 9.40. The Bertz CT molecular complexity index is 1430. The Kier molecular flexibility index (Phi) is 5.03. The van der Waals surface area contributed by atoms with Crippen LogP contribution in [0, 0.1) is 41.3 Å². The highest BCUT2D eigenvalue weighted by Crippen LogP contribution is 2.69. The van der Waals surface area contributed by atoms with Crippen LogP contribution in [0.25, 0.3) is 10.9 Å². The van der Waals surface area contributed by atoms with Crippen molar-refractivity contribution in [2.45, 2.75) is 90.9 Å². The van der Waals surface area contributed by atoms with Gasteiger partial charge in [-0.05, 0) is 114 Å². The number of rotatable bonds is 1. The number of halogens is 1. The molecular formula is C35H42FN. The molecule has 2 aromatic carbocycles. The fourth-order valence-electron chi connectivity index (χ4n) is 9.89. The maximum absolute atomic E-state index is 14.4. The number of nitrogens with one attached hydrogen (secondary N) is 1. The quantitative estimate of drug-likeness (QED) is 0.323. The second-order valence-corrected chi connectivity index (χ2v) is 14.1. The van der Waals surface area contributed by atoms with Gasteiger partial charge in [0.05, 0.1) is 0 Å². The molecule has 3 saturated carbocycles. The van der Waals surface area contributed by atoms with E-state index >= 15 is 0 Å². The monoisotopic (exact) mass is 495 g/mol. The Hall–Kier alpha value is -2.35. The zero-order valence-electron chi connectivity index (χ0n) is 23.3. The first-order chi connectivity index (χ1) is 17.6. The number of hydrogen-bond donors (Lipinski definition) is 1. The molecule has 7 rings (SSSR count). The lowest BCUT2D eigenvalue weighted by Gasteiger charge is -2.64. The molecule has 0 amide bonds. The fourth-order valence-corrected chi connectivity index (χ4v) is 9.89. The number of H-pyrrole nitrogens is 1. The molecule has 1 aromatic heterocycles. The molecule has 3 fully saturated rings. The average Bonchev–Trinajstić information content (AvgIpc) is 3.28. The van der Waals surface area contributed by atoms with Crippen LogP contribution in [-0.4, -0.2) is 4.98 Å². The maximum atomic E-state index is 14.4. The number of aromatic nitrogens is 1. The Labute approximate surface area is 221 Å². The van der Waals surface area contributed by atoms with E-state index in [1.54, 1.807) is 17.7 Å². The number of allylic oxidation sites excluding steroid dienone is 2. The van der Waals surface area contributed by atoms with Crippen LogP contribution in [-0.2, 0) is 5.41 Å². The van der Waals surface area contributed by atoms with Crippen LogP contribution < -0.4 is 0 Å². The summed E-state index contributed by atoms with van der Waals surface area (Å²) in [5.74, 6) is 2.45. The number of fused-ring (bicyclic) bond motifs is 8. The molecule has 4 aliphatic rings. The van der Waals surface area contributed by atoms with Crippen molar-refractivity contribution in [1.82, 2.24) is 4.98 Å². The Morgan fingerprint density at radius 1 is 0.946 bits per heavy atom. The molecule has 4 aliphatic carbocycles. The molecule has 1 unspecified atom stereocenters. The summed E-state index contributed by atoms with van der Waals surface area (Å²) < 4.78 is 14.4. The second kappa shape index (κ2) is 7.84. The molecular weight excluding hydrogens is 453 g/mol. The van der Waals surface area contributed by atoms with Crippen LogP contribution in [0.3, 0.4) is 0 Å². The molecule has 2 heteroatoms. The lowest BCUT2D eigenvalue weighted by molar-refractivity contribution is -0.0809. The largest absolute Gasteiger partial charge is 0.361 e. The molecule has 1 N–H and O–H groups in total. The molecule has 0 radical (unpaired) electrons. The van der Waals surface area contributed by atoms with Crippen molar-refractivity contribution in [3.8, 4) is 0 Å². The van der Waals surface area contributed by atoms with Gasteiger partial charge in [0, 0.05) is 28.4 Å². The highest BCUT2D eigenvalue weighted by molar-refractivity contribution is 5.85. The van der Waals surface area contributed by atoms with Crippen LogP contribution in [0.1, 0.15) is 101 Å². The predicted molar refractivity (Wildman–Crippen MR) is 151 cm³/mol. The van der Waals surface area contributed by atoms with Crippen molar-refractivity contribution in [3.63, 3.8) is 0 Å². The summed E-state index contributed by atoms with van der Waals surface area (Å²) in [4.78, 5) is 3.46. The first-order valence-electron chi connectivity index (χ1n) is 14.7. The van der Waals surface area contributed by atoms with Crippen LogP contribution in [0.4, 0.5) is 4.39 Å². The lowest BCUT2D eigenvalue weighted by Crippen LogP contribution is -2.56. The zero-order chi connectivity index (χ0) is 25.7. The van der Waals surface area contributed by atoms with E-state index in [-0.39, 0.29) is 22.6 Å². The standard InChI is InChI=1S/C35H42FN/c1-21-11-13-33(3)15-16-35(5)27(29(33)17-21)12-14-34(4)28-8-6-7-22(2)32(28)25(19-31(34)35)26-20-37-30-10-9-23(36)18-24(26)30/h6-10,18-21,25,27,29,37H,11-17H2,1-5H3/t21-,25-,27?,29-,33+,34-,35-/m0/s1. The molecule has 0 saturated heterocycles. The van der Waals surface area contributed by atoms with Gasteiger partial charge >= 0.3 is 0 Å². The van der Waals surface area contributed by atoms with E-state index in [0.717, 1.165) is 28.7 Å². The van der Waals surface area contributed by atoms with Gasteiger partial charge in [0.1, 0.15) is 5.82 Å². The summed E-state index contributed by atoms with van der Waals surface area (Å²) in [5.41, 5.74) is 9.08. The van der Waals surface area contributed by atoms with E-state index < -0.39 is 0 Å². The summed E-state index contributed by atoms with van der Waals surface area (Å²) in [7, 11) is 0. The average molecular weight is 496 g/mol. The summed E-state index contributed by atoms with van der Waals surface area (Å²) in [6.45, 7) is 12.6. The first-order valence-corrected chi connectivity index (χ1v) is 14.7. The number of benzene rings is 2. The van der Waals surface area contributed by atoms with Crippen molar-refractivity contribution in [2.24, 2.45) is 28.6 Å². The third-order valence-corrected chi connectivity index (χ3v) is 12.0. The summed E-state index contributed by atoms with van der Waals surface area (Å²) in [5, 5.41) is 1.02. The normalized spacial score (nSPS) is 38.8. The summed E-state index contributed by atoms with van der Waals surface area (Å²) in [6.07, 6.45) is 14.3. The topological polar surface area (TPSA) is 15.8 Å². The van der Waals surface area contributed by atoms with Gasteiger partial charge < -0.3 is 4.98 Å². The minimum Gasteiger partial charge on any atom is -0.361 e. The molecule has 0 spiro atoms. The van der Waals surface area contributed by atoms with E-state index in [1.807, 2.05) is 6.07 Å². The Morgan fingerprint density at radius 3 is 2.62 bits per heavy atom. The van der Waals surface area contributed by atoms with Crippen LogP contribution in [0.15, 0.2) is 54.2 Å². The summed E-state index contributed by atoms with van der Waals surface area (Å²) in [6, 6.07) is 12.1. The third kappa shape index (κ3) is 3.20. The maximum Gasteiger partial charge on any atom is 0.123 e. The van der Waals surface area contributed by atoms with Crippen molar-refractivity contribution >= 4 is 10.9 Å². The highest BCUT2D eigenvalue weighted by atomic mass is 19.1. The van der Waals surface area contributed by atoms with E-state index in [2.05, 4.69) is 70.1 Å². The van der Waals surface area contributed by atoms with Gasteiger partial charge in [0.25, 0.3) is 0 Å². The van der Waals surface area contributed by atoms with Crippen molar-refractivity contribution in [3.05, 3.63) is 82.3 Å². The molecule has 0 bridgehead atoms. The van der Waals surface area contributed by atoms with E-state index in [4.69, 9.17) is 0 Å². The first kappa shape index (κ1) is 23.7. The van der Waals surface area contributed by atoms with E-state index in [9.17, 15) is 4.39 Å². The predicted octanol–water partition coefficient (Wildman–Crippen LogP) is 9.60. The van der Waals surface area contributed by atoms with Crippen molar-refractivity contribution in [1.29, 1.82) is 0 Å². The van der Waals surface area contributed by atoms with Gasteiger partial charge in [0.15, 0.2) is 0 Å². The van der Waals surface area contributed by atoms with Crippen LogP contribution >= 0.6 is 0 Å². The summed E-state index contributed by atoms with van der Waals surface area (Å²) >= 11 is 0. The zero-order valence-corrected chi connectivity index (χ0v) is 23.3. The number of aryl methyl sites for hydroxylation is 1. The van der Waals surface area contributed by atoms with Crippen molar-refractivity contribution in [2.75, 3.05) is 0 Å². The van der Waals surface area contributed by atoms with Crippen LogP contribution in [0.5, 0.6) is 0 Å². The van der Waals surface area contributed by atoms with Gasteiger partial charge in [-0.3, -0.25) is 0 Å². The smallest absolute Gasteiger partial charge is 0.123 e. The minimum atomic E-state index is -0.158. The Morgan fingerprint density at radius 2 is 1.78 bits per heavy atom. The highest BCUT2D eigenvalue weighted by Gasteiger charge is 2.60.